The second kappa shape index (κ2) is 6.52. The summed E-state index contributed by atoms with van der Waals surface area (Å²) in [5.41, 5.74) is 0. The minimum Gasteiger partial charge on any atom is -0.312 e. The smallest absolute Gasteiger partial charge is 0.151 e. The maximum Gasteiger partial charge on any atom is 0.151 e. The van der Waals surface area contributed by atoms with Gasteiger partial charge in [0, 0.05) is 25.2 Å². The fourth-order valence-corrected chi connectivity index (χ4v) is 4.75. The van der Waals surface area contributed by atoms with E-state index in [1.54, 1.807) is 0 Å². The second-order valence-electron chi connectivity index (χ2n) is 6.09. The Morgan fingerprint density at radius 2 is 1.89 bits per heavy atom. The van der Waals surface area contributed by atoms with Crippen molar-refractivity contribution in [1.29, 1.82) is 0 Å². The Kier molecular flexibility index (Phi) is 5.22. The van der Waals surface area contributed by atoms with Crippen LogP contribution in [-0.2, 0) is 9.84 Å². The minimum atomic E-state index is -2.75. The van der Waals surface area contributed by atoms with E-state index in [0.717, 1.165) is 38.6 Å². The van der Waals surface area contributed by atoms with Crippen LogP contribution in [0.2, 0.25) is 0 Å². The lowest BCUT2D eigenvalue weighted by atomic mass is 10.0. The zero-order chi connectivity index (χ0) is 13.9. The molecule has 1 unspecified atom stereocenters. The monoisotopic (exact) mass is 289 g/mol. The maximum absolute atomic E-state index is 11.4. The number of piperidine rings is 1. The van der Waals surface area contributed by atoms with E-state index in [4.69, 9.17) is 0 Å². The van der Waals surface area contributed by atoms with Crippen LogP contribution in [0.15, 0.2) is 0 Å². The predicted molar refractivity (Wildman–Crippen MR) is 78.2 cm³/mol. The SMILES string of the molecule is CN(C)C1CCN(CCNC2CCS(=O)(=O)C2)CC1. The van der Waals surface area contributed by atoms with Crippen molar-refractivity contribution in [2.45, 2.75) is 31.3 Å². The Labute approximate surface area is 117 Å². The molecule has 5 nitrogen and oxygen atoms in total. The molecular weight excluding hydrogens is 262 g/mol. The molecule has 0 aromatic rings. The molecule has 0 amide bonds. The first kappa shape index (κ1) is 15.2. The van der Waals surface area contributed by atoms with Crippen LogP contribution in [0.3, 0.4) is 0 Å². The van der Waals surface area contributed by atoms with Crippen molar-refractivity contribution in [1.82, 2.24) is 15.1 Å². The van der Waals surface area contributed by atoms with Gasteiger partial charge in [0.15, 0.2) is 9.84 Å². The van der Waals surface area contributed by atoms with E-state index in [-0.39, 0.29) is 6.04 Å². The highest BCUT2D eigenvalue weighted by molar-refractivity contribution is 7.91. The minimum absolute atomic E-state index is 0.185. The summed E-state index contributed by atoms with van der Waals surface area (Å²) in [6.07, 6.45) is 3.26. The second-order valence-corrected chi connectivity index (χ2v) is 8.32. The van der Waals surface area contributed by atoms with Crippen molar-refractivity contribution in [3.05, 3.63) is 0 Å². The van der Waals surface area contributed by atoms with Gasteiger partial charge in [-0.3, -0.25) is 0 Å². The number of hydrogen-bond donors (Lipinski definition) is 1. The summed E-state index contributed by atoms with van der Waals surface area (Å²) >= 11 is 0. The highest BCUT2D eigenvalue weighted by Crippen LogP contribution is 2.14. The molecule has 2 saturated heterocycles. The quantitative estimate of drug-likeness (QED) is 0.759. The predicted octanol–water partition coefficient (Wildman–Crippen LogP) is -0.211. The van der Waals surface area contributed by atoms with Gasteiger partial charge in [0.05, 0.1) is 11.5 Å². The zero-order valence-electron chi connectivity index (χ0n) is 12.1. The van der Waals surface area contributed by atoms with Crippen LogP contribution in [0.4, 0.5) is 0 Å². The molecule has 2 aliphatic rings. The van der Waals surface area contributed by atoms with Crippen molar-refractivity contribution < 1.29 is 8.42 Å². The van der Waals surface area contributed by atoms with E-state index in [1.165, 1.54) is 12.8 Å². The number of hydrogen-bond acceptors (Lipinski definition) is 5. The summed E-state index contributed by atoms with van der Waals surface area (Å²) in [5, 5.41) is 3.39. The van der Waals surface area contributed by atoms with Crippen LogP contribution in [0.25, 0.3) is 0 Å². The standard InChI is InChI=1S/C13H27N3O2S/c1-15(2)13-3-7-16(8-4-13)9-6-14-12-5-10-19(17,18)11-12/h12-14H,3-11H2,1-2H3. The molecule has 2 aliphatic heterocycles. The molecule has 1 atom stereocenters. The summed E-state index contributed by atoms with van der Waals surface area (Å²) in [4.78, 5) is 4.80. The van der Waals surface area contributed by atoms with Crippen molar-refractivity contribution in [2.24, 2.45) is 0 Å². The molecule has 2 heterocycles. The molecule has 1 N–H and O–H groups in total. The number of nitrogens with zero attached hydrogens (tertiary/aromatic N) is 2. The summed E-state index contributed by atoms with van der Waals surface area (Å²) in [5.74, 6) is 0.689. The van der Waals surface area contributed by atoms with Crippen LogP contribution in [0.1, 0.15) is 19.3 Å². The Bertz CT molecular complexity index is 375. The largest absolute Gasteiger partial charge is 0.312 e. The molecule has 0 spiro atoms. The van der Waals surface area contributed by atoms with Crippen molar-refractivity contribution in [3.8, 4) is 0 Å². The molecule has 0 radical (unpaired) electrons. The third-order valence-corrected chi connectivity index (χ3v) is 6.15. The highest BCUT2D eigenvalue weighted by Gasteiger charge is 2.27. The summed E-state index contributed by atoms with van der Waals surface area (Å²) in [6.45, 7) is 4.27. The molecule has 2 rings (SSSR count). The molecule has 0 aliphatic carbocycles. The molecule has 0 aromatic heterocycles. The van der Waals surface area contributed by atoms with Crippen LogP contribution in [0, 0.1) is 0 Å². The van der Waals surface area contributed by atoms with E-state index in [0.29, 0.717) is 11.5 Å². The molecule has 0 bridgehead atoms. The summed E-state index contributed by atoms with van der Waals surface area (Å²) in [6, 6.07) is 0.911. The van der Waals surface area contributed by atoms with Gasteiger partial charge in [-0.15, -0.1) is 0 Å². The fourth-order valence-electron chi connectivity index (χ4n) is 3.04. The average Bonchev–Trinajstić information content (AvgIpc) is 2.69. The molecule has 0 aromatic carbocycles. The third kappa shape index (κ3) is 4.70. The van der Waals surface area contributed by atoms with Gasteiger partial charge >= 0.3 is 0 Å². The lowest BCUT2D eigenvalue weighted by Crippen LogP contribution is -2.45. The molecule has 0 saturated carbocycles. The summed E-state index contributed by atoms with van der Waals surface area (Å²) in [7, 11) is 1.56. The molecule has 2 fully saturated rings. The van der Waals surface area contributed by atoms with Gasteiger partial charge in [-0.1, -0.05) is 0 Å². The fraction of sp³-hybridized carbons (Fsp3) is 1.00. The van der Waals surface area contributed by atoms with Crippen LogP contribution >= 0.6 is 0 Å². The molecule has 19 heavy (non-hydrogen) atoms. The lowest BCUT2D eigenvalue weighted by molar-refractivity contribution is 0.145. The first-order valence-electron chi connectivity index (χ1n) is 7.29. The number of likely N-dealkylation sites (tertiary alicyclic amines) is 1. The van der Waals surface area contributed by atoms with Gasteiger partial charge in [0.25, 0.3) is 0 Å². The maximum atomic E-state index is 11.4. The van der Waals surface area contributed by atoms with Gasteiger partial charge in [-0.2, -0.15) is 0 Å². The van der Waals surface area contributed by atoms with Crippen molar-refractivity contribution in [2.75, 3.05) is 51.8 Å². The Morgan fingerprint density at radius 1 is 1.21 bits per heavy atom. The summed E-state index contributed by atoms with van der Waals surface area (Å²) < 4.78 is 22.7. The van der Waals surface area contributed by atoms with Crippen LogP contribution in [-0.4, -0.2) is 82.1 Å². The van der Waals surface area contributed by atoms with E-state index in [2.05, 4.69) is 29.2 Å². The average molecular weight is 289 g/mol. The number of sulfone groups is 1. The van der Waals surface area contributed by atoms with Gasteiger partial charge in [-0.05, 0) is 46.4 Å². The van der Waals surface area contributed by atoms with Gasteiger partial charge in [-0.25, -0.2) is 8.42 Å². The van der Waals surface area contributed by atoms with Gasteiger partial charge in [0.1, 0.15) is 0 Å². The van der Waals surface area contributed by atoms with Crippen LogP contribution in [0.5, 0.6) is 0 Å². The zero-order valence-corrected chi connectivity index (χ0v) is 13.0. The van der Waals surface area contributed by atoms with E-state index < -0.39 is 9.84 Å². The Hall–Kier alpha value is -0.170. The highest BCUT2D eigenvalue weighted by atomic mass is 32.2. The lowest BCUT2D eigenvalue weighted by Gasteiger charge is -2.35. The first-order chi connectivity index (χ1) is 8.96. The van der Waals surface area contributed by atoms with Crippen molar-refractivity contribution >= 4 is 9.84 Å². The van der Waals surface area contributed by atoms with Gasteiger partial charge in [0.2, 0.25) is 0 Å². The van der Waals surface area contributed by atoms with E-state index in [9.17, 15) is 8.42 Å². The normalized spacial score (nSPS) is 29.1. The first-order valence-corrected chi connectivity index (χ1v) is 9.11. The molecule has 6 heteroatoms. The topological polar surface area (TPSA) is 52.6 Å². The van der Waals surface area contributed by atoms with E-state index >= 15 is 0 Å². The number of rotatable bonds is 5. The Morgan fingerprint density at radius 3 is 2.42 bits per heavy atom. The molecule has 112 valence electrons. The van der Waals surface area contributed by atoms with Gasteiger partial charge < -0.3 is 15.1 Å². The molecular formula is C13H27N3O2S. The number of nitrogens with one attached hydrogen (secondary N) is 1. The Balaban J connectivity index is 1.60. The third-order valence-electron chi connectivity index (χ3n) is 4.38. The van der Waals surface area contributed by atoms with Crippen LogP contribution < -0.4 is 5.32 Å². The van der Waals surface area contributed by atoms with E-state index in [1.807, 2.05) is 0 Å². The van der Waals surface area contributed by atoms with Crippen molar-refractivity contribution in [3.63, 3.8) is 0 Å².